The van der Waals surface area contributed by atoms with E-state index in [2.05, 4.69) is 15.1 Å². The van der Waals surface area contributed by atoms with E-state index in [1.54, 1.807) is 12.1 Å². The number of ketones is 1. The highest BCUT2D eigenvalue weighted by Crippen LogP contribution is 2.26. The highest BCUT2D eigenvalue weighted by molar-refractivity contribution is 6.14. The summed E-state index contributed by atoms with van der Waals surface area (Å²) in [5.41, 5.74) is 5.13. The minimum absolute atomic E-state index is 0.0510. The van der Waals surface area contributed by atoms with Gasteiger partial charge in [-0.25, -0.2) is 0 Å². The fraction of sp³-hybridized carbons (Fsp3) is 0.452. The molecule has 0 bridgehead atoms. The molecule has 5 rings (SSSR count). The van der Waals surface area contributed by atoms with Crippen LogP contribution in [0.1, 0.15) is 60.8 Å². The third-order valence-corrected chi connectivity index (χ3v) is 7.79. The van der Waals surface area contributed by atoms with Crippen molar-refractivity contribution in [2.45, 2.75) is 51.6 Å². The number of benzene rings is 2. The first-order chi connectivity index (χ1) is 18.0. The van der Waals surface area contributed by atoms with Crippen LogP contribution in [0.25, 0.3) is 12.2 Å². The number of hydrogen-bond acceptors (Lipinski definition) is 6. The minimum atomic E-state index is 0.0510. The molecule has 37 heavy (non-hydrogen) atoms. The molecule has 6 nitrogen and oxygen atoms in total. The molecule has 0 spiro atoms. The van der Waals surface area contributed by atoms with E-state index in [1.165, 1.54) is 38.5 Å². The summed E-state index contributed by atoms with van der Waals surface area (Å²) in [6.07, 6.45) is 11.3. The van der Waals surface area contributed by atoms with Crippen molar-refractivity contribution in [2.75, 3.05) is 39.3 Å². The summed E-state index contributed by atoms with van der Waals surface area (Å²) in [5, 5.41) is 24.2. The third-order valence-electron chi connectivity index (χ3n) is 7.79. The lowest BCUT2D eigenvalue weighted by Crippen LogP contribution is -2.32. The number of aromatic hydroxyl groups is 2. The Morgan fingerprint density at radius 2 is 1.11 bits per heavy atom. The zero-order valence-electron chi connectivity index (χ0n) is 21.7. The molecule has 3 aliphatic rings. The van der Waals surface area contributed by atoms with E-state index < -0.39 is 0 Å². The summed E-state index contributed by atoms with van der Waals surface area (Å²) in [6.45, 7) is 6.79. The lowest BCUT2D eigenvalue weighted by Gasteiger charge is -2.26. The van der Waals surface area contributed by atoms with Gasteiger partial charge in [-0.15, -0.1) is 0 Å². The molecule has 0 saturated carbocycles. The van der Waals surface area contributed by atoms with Crippen LogP contribution in [-0.4, -0.2) is 65.1 Å². The van der Waals surface area contributed by atoms with E-state index in [1.807, 2.05) is 36.4 Å². The Balaban J connectivity index is 1.32. The van der Waals surface area contributed by atoms with Gasteiger partial charge in [0.1, 0.15) is 11.5 Å². The maximum absolute atomic E-state index is 13.4. The molecule has 3 saturated heterocycles. The summed E-state index contributed by atoms with van der Waals surface area (Å²) in [4.78, 5) is 18.2. The average Bonchev–Trinajstić information content (AvgIpc) is 2.91. The zero-order valence-corrected chi connectivity index (χ0v) is 21.7. The number of nitrogens with one attached hydrogen (secondary N) is 1. The molecule has 2 aromatic rings. The summed E-state index contributed by atoms with van der Waals surface area (Å²) in [5.74, 6) is 0.679. The van der Waals surface area contributed by atoms with Gasteiger partial charge in [0, 0.05) is 48.5 Å². The topological polar surface area (TPSA) is 76.0 Å². The first kappa shape index (κ1) is 25.7. The van der Waals surface area contributed by atoms with Crippen molar-refractivity contribution in [3.63, 3.8) is 0 Å². The fourth-order valence-corrected chi connectivity index (χ4v) is 5.69. The quantitative estimate of drug-likeness (QED) is 0.498. The average molecular weight is 502 g/mol. The van der Waals surface area contributed by atoms with Crippen LogP contribution in [0.15, 0.2) is 47.5 Å². The van der Waals surface area contributed by atoms with Gasteiger partial charge < -0.3 is 15.5 Å². The van der Waals surface area contributed by atoms with Crippen LogP contribution >= 0.6 is 0 Å². The monoisotopic (exact) mass is 501 g/mol. The molecule has 0 unspecified atom stereocenters. The van der Waals surface area contributed by atoms with Gasteiger partial charge in [0.25, 0.3) is 0 Å². The van der Waals surface area contributed by atoms with E-state index in [0.717, 1.165) is 72.7 Å². The van der Waals surface area contributed by atoms with Gasteiger partial charge in [-0.3, -0.25) is 14.6 Å². The fourth-order valence-electron chi connectivity index (χ4n) is 5.69. The molecule has 196 valence electrons. The first-order valence-electron chi connectivity index (χ1n) is 13.8. The number of Topliss-reactive ketones (excluding diaryl/α,β-unsaturated/α-hetero) is 1. The van der Waals surface area contributed by atoms with Crippen LogP contribution in [0.5, 0.6) is 11.5 Å². The van der Waals surface area contributed by atoms with Gasteiger partial charge >= 0.3 is 0 Å². The molecule has 3 heterocycles. The number of carbonyl (C=O) groups excluding carboxylic acids is 1. The summed E-state index contributed by atoms with van der Waals surface area (Å²) < 4.78 is 0. The van der Waals surface area contributed by atoms with Gasteiger partial charge in [0.05, 0.1) is 0 Å². The van der Waals surface area contributed by atoms with Gasteiger partial charge in [-0.05, 0) is 99.4 Å². The second kappa shape index (κ2) is 12.1. The molecule has 0 aliphatic carbocycles. The zero-order chi connectivity index (χ0) is 25.6. The second-order valence-corrected chi connectivity index (χ2v) is 10.7. The van der Waals surface area contributed by atoms with E-state index in [-0.39, 0.29) is 5.78 Å². The number of nitrogens with zero attached hydrogens (tertiary/aromatic N) is 2. The predicted octanol–water partition coefficient (Wildman–Crippen LogP) is 4.71. The standard InChI is InChI=1S/C31H39N3O3/c35-29-9-7-23(17-27(29)21-33-11-3-1-4-12-33)15-25-19-32-20-26(31(25)37)16-24-8-10-30(36)28(18-24)22-34-13-5-2-6-14-34/h7-10,15-18,32,35-36H,1-6,11-14,19-22H2/b25-15+,26-16+. The molecule has 2 aromatic carbocycles. The van der Waals surface area contributed by atoms with Gasteiger partial charge in [0.15, 0.2) is 5.78 Å². The second-order valence-electron chi connectivity index (χ2n) is 10.7. The summed E-state index contributed by atoms with van der Waals surface area (Å²) in [7, 11) is 0. The molecule has 0 amide bonds. The van der Waals surface area contributed by atoms with Crippen molar-refractivity contribution < 1.29 is 15.0 Å². The molecule has 0 aromatic heterocycles. The van der Waals surface area contributed by atoms with Crippen LogP contribution in [0.2, 0.25) is 0 Å². The maximum Gasteiger partial charge on any atom is 0.187 e. The van der Waals surface area contributed by atoms with Crippen LogP contribution in [-0.2, 0) is 17.9 Å². The Bertz CT molecular complexity index is 1080. The van der Waals surface area contributed by atoms with Crippen molar-refractivity contribution in [2.24, 2.45) is 0 Å². The maximum atomic E-state index is 13.4. The van der Waals surface area contributed by atoms with Crippen molar-refractivity contribution in [1.82, 2.24) is 15.1 Å². The Morgan fingerprint density at radius 1 is 0.676 bits per heavy atom. The number of rotatable bonds is 6. The molecule has 6 heteroatoms. The van der Waals surface area contributed by atoms with Crippen LogP contribution < -0.4 is 5.32 Å². The van der Waals surface area contributed by atoms with Crippen LogP contribution in [0, 0.1) is 0 Å². The van der Waals surface area contributed by atoms with Crippen molar-refractivity contribution >= 4 is 17.9 Å². The summed E-state index contributed by atoms with van der Waals surface area (Å²) in [6, 6.07) is 11.2. The Labute approximate surface area is 220 Å². The van der Waals surface area contributed by atoms with Crippen LogP contribution in [0.4, 0.5) is 0 Å². The lowest BCUT2D eigenvalue weighted by atomic mass is 9.94. The van der Waals surface area contributed by atoms with Gasteiger partial charge in [-0.2, -0.15) is 0 Å². The molecule has 0 radical (unpaired) electrons. The predicted molar refractivity (Wildman–Crippen MR) is 148 cm³/mol. The number of piperidine rings is 3. The Morgan fingerprint density at radius 3 is 1.54 bits per heavy atom. The highest BCUT2D eigenvalue weighted by atomic mass is 16.3. The number of hydrogen-bond donors (Lipinski definition) is 3. The van der Waals surface area contributed by atoms with Crippen molar-refractivity contribution in [3.8, 4) is 11.5 Å². The van der Waals surface area contributed by atoms with E-state index >= 15 is 0 Å². The van der Waals surface area contributed by atoms with Gasteiger partial charge in [-0.1, -0.05) is 25.0 Å². The molecular formula is C31H39N3O3. The molecule has 0 atom stereocenters. The van der Waals surface area contributed by atoms with Crippen molar-refractivity contribution in [1.29, 1.82) is 0 Å². The largest absolute Gasteiger partial charge is 0.508 e. The number of phenols is 2. The Hall–Kier alpha value is -2.93. The summed E-state index contributed by atoms with van der Waals surface area (Å²) >= 11 is 0. The van der Waals surface area contributed by atoms with E-state index in [4.69, 9.17) is 0 Å². The minimum Gasteiger partial charge on any atom is -0.508 e. The number of likely N-dealkylation sites (tertiary alicyclic amines) is 2. The normalized spacial score (nSPS) is 22.1. The third kappa shape index (κ3) is 6.69. The molecule has 3 fully saturated rings. The smallest absolute Gasteiger partial charge is 0.187 e. The Kier molecular flexibility index (Phi) is 8.39. The van der Waals surface area contributed by atoms with E-state index in [0.29, 0.717) is 24.6 Å². The van der Waals surface area contributed by atoms with Crippen molar-refractivity contribution in [3.05, 3.63) is 69.8 Å². The first-order valence-corrected chi connectivity index (χ1v) is 13.8. The molecule has 3 aliphatic heterocycles. The molecule has 3 N–H and O–H groups in total. The lowest BCUT2D eigenvalue weighted by molar-refractivity contribution is -0.112. The highest BCUT2D eigenvalue weighted by Gasteiger charge is 2.21. The van der Waals surface area contributed by atoms with Gasteiger partial charge in [0.2, 0.25) is 0 Å². The number of phenolic OH excluding ortho intramolecular Hbond substituents is 2. The van der Waals surface area contributed by atoms with E-state index in [9.17, 15) is 15.0 Å². The SMILES string of the molecule is O=C1/C(=C/c2ccc(O)c(CN3CCCCC3)c2)CNC/C1=C\c1ccc(O)c(CN2CCCCC2)c1. The number of carbonyl (C=O) groups is 1. The molecular weight excluding hydrogens is 462 g/mol. The van der Waals surface area contributed by atoms with Crippen LogP contribution in [0.3, 0.4) is 0 Å².